The van der Waals surface area contributed by atoms with Crippen molar-refractivity contribution in [1.82, 2.24) is 4.31 Å². The lowest BCUT2D eigenvalue weighted by atomic mass is 10.1. The van der Waals surface area contributed by atoms with Crippen molar-refractivity contribution in [3.63, 3.8) is 0 Å². The molecule has 0 aromatic heterocycles. The van der Waals surface area contributed by atoms with E-state index in [1.54, 1.807) is 32.9 Å². The number of sulfonamides is 1. The van der Waals surface area contributed by atoms with Gasteiger partial charge in [0.15, 0.2) is 0 Å². The van der Waals surface area contributed by atoms with E-state index in [0.29, 0.717) is 30.1 Å². The molecule has 0 unspecified atom stereocenters. The van der Waals surface area contributed by atoms with E-state index in [2.05, 4.69) is 5.32 Å². The monoisotopic (exact) mass is 402 g/mol. The van der Waals surface area contributed by atoms with Crippen LogP contribution in [0.3, 0.4) is 0 Å². The van der Waals surface area contributed by atoms with E-state index < -0.39 is 10.0 Å². The van der Waals surface area contributed by atoms with Gasteiger partial charge in [-0.3, -0.25) is 4.79 Å². The van der Waals surface area contributed by atoms with E-state index in [1.807, 2.05) is 30.3 Å². The number of anilines is 1. The van der Waals surface area contributed by atoms with E-state index in [9.17, 15) is 13.2 Å². The van der Waals surface area contributed by atoms with E-state index in [1.165, 1.54) is 23.5 Å². The van der Waals surface area contributed by atoms with Crippen LogP contribution in [0.4, 0.5) is 5.69 Å². The number of nitrogens with zero attached hydrogens (tertiary/aromatic N) is 1. The number of carbonyl (C=O) groups is 1. The molecule has 1 amide bonds. The Bertz CT molecular complexity index is 950. The first-order valence-electron chi connectivity index (χ1n) is 9.06. The molecule has 0 aliphatic heterocycles. The molecule has 0 saturated heterocycles. The van der Waals surface area contributed by atoms with Crippen molar-refractivity contribution >= 4 is 27.7 Å². The number of ether oxygens (including phenoxy) is 1. The number of carbonyl (C=O) groups excluding carboxylic acids is 1. The number of amides is 1. The minimum Gasteiger partial charge on any atom is -0.495 e. The number of benzene rings is 2. The lowest BCUT2D eigenvalue weighted by Crippen LogP contribution is -2.30. The zero-order chi connectivity index (χ0) is 20.7. The first kappa shape index (κ1) is 21.7. The summed E-state index contributed by atoms with van der Waals surface area (Å²) in [6.45, 7) is 6.00. The third-order valence-corrected chi connectivity index (χ3v) is 6.35. The molecule has 0 fully saturated rings. The van der Waals surface area contributed by atoms with Crippen LogP contribution in [0.25, 0.3) is 6.08 Å². The summed E-state index contributed by atoms with van der Waals surface area (Å²) in [5.74, 6) is 0.0545. The molecule has 2 aromatic carbocycles. The smallest absolute Gasteiger partial charge is 0.251 e. The van der Waals surface area contributed by atoms with Gasteiger partial charge in [-0.05, 0) is 36.8 Å². The van der Waals surface area contributed by atoms with Crippen LogP contribution in [0.5, 0.6) is 5.75 Å². The fourth-order valence-electron chi connectivity index (χ4n) is 2.74. The predicted molar refractivity (Wildman–Crippen MR) is 112 cm³/mol. The average molecular weight is 403 g/mol. The summed E-state index contributed by atoms with van der Waals surface area (Å²) in [6.07, 6.45) is 1.76. The molecule has 150 valence electrons. The molecule has 1 N–H and O–H groups in total. The van der Waals surface area contributed by atoms with Gasteiger partial charge < -0.3 is 10.1 Å². The van der Waals surface area contributed by atoms with Gasteiger partial charge >= 0.3 is 0 Å². The van der Waals surface area contributed by atoms with Crippen LogP contribution in [-0.2, 0) is 14.8 Å². The lowest BCUT2D eigenvalue weighted by molar-refractivity contribution is -0.112. The number of hydrogen-bond donors (Lipinski definition) is 1. The third kappa shape index (κ3) is 4.99. The second-order valence-electron chi connectivity index (χ2n) is 6.14. The lowest BCUT2D eigenvalue weighted by Gasteiger charge is -2.19. The number of methoxy groups -OCH3 is 1. The highest BCUT2D eigenvalue weighted by Gasteiger charge is 2.23. The fraction of sp³-hybridized carbons (Fsp3) is 0.286. The quantitative estimate of drug-likeness (QED) is 0.682. The van der Waals surface area contributed by atoms with Crippen LogP contribution in [0.15, 0.2) is 59.0 Å². The number of nitrogens with one attached hydrogen (secondary N) is 1. The zero-order valence-electron chi connectivity index (χ0n) is 16.6. The Morgan fingerprint density at radius 3 is 2.32 bits per heavy atom. The predicted octanol–water partition coefficient (Wildman–Crippen LogP) is 3.77. The highest BCUT2D eigenvalue weighted by Crippen LogP contribution is 2.29. The minimum atomic E-state index is -3.64. The third-order valence-electron chi connectivity index (χ3n) is 4.30. The normalized spacial score (nSPS) is 12.1. The van der Waals surface area contributed by atoms with Crippen molar-refractivity contribution in [2.75, 3.05) is 25.5 Å². The van der Waals surface area contributed by atoms with Crippen molar-refractivity contribution in [3.05, 3.63) is 59.7 Å². The minimum absolute atomic E-state index is 0.108. The van der Waals surface area contributed by atoms with Gasteiger partial charge in [0.1, 0.15) is 5.75 Å². The molecule has 0 spiro atoms. The molecule has 2 aromatic rings. The van der Waals surface area contributed by atoms with E-state index in [4.69, 9.17) is 4.74 Å². The fourth-order valence-corrected chi connectivity index (χ4v) is 4.23. The molecular weight excluding hydrogens is 376 g/mol. The summed E-state index contributed by atoms with van der Waals surface area (Å²) >= 11 is 0. The van der Waals surface area contributed by atoms with Crippen LogP contribution in [0.1, 0.15) is 26.3 Å². The Morgan fingerprint density at radius 2 is 1.75 bits per heavy atom. The first-order valence-corrected chi connectivity index (χ1v) is 10.5. The van der Waals surface area contributed by atoms with Crippen LogP contribution in [0.2, 0.25) is 0 Å². The maximum absolute atomic E-state index is 12.8. The van der Waals surface area contributed by atoms with Gasteiger partial charge in [-0.25, -0.2) is 8.42 Å². The standard InChI is InChI=1S/C21H26N2O4S/c1-5-23(6-2)28(25,26)18-12-13-20(27-4)19(15-18)22-21(24)16(3)14-17-10-8-7-9-11-17/h7-15H,5-6H2,1-4H3,(H,22,24)/b16-14+. The Labute approximate surface area is 166 Å². The molecule has 0 heterocycles. The Morgan fingerprint density at radius 1 is 1.11 bits per heavy atom. The Balaban J connectivity index is 2.34. The highest BCUT2D eigenvalue weighted by atomic mass is 32.2. The van der Waals surface area contributed by atoms with E-state index in [0.717, 1.165) is 5.56 Å². The second-order valence-corrected chi connectivity index (χ2v) is 8.08. The molecule has 0 aliphatic carbocycles. The molecule has 0 saturated carbocycles. The summed E-state index contributed by atoms with van der Waals surface area (Å²) in [5, 5.41) is 2.75. The van der Waals surface area contributed by atoms with Crippen LogP contribution < -0.4 is 10.1 Å². The zero-order valence-corrected chi connectivity index (χ0v) is 17.4. The van der Waals surface area contributed by atoms with E-state index >= 15 is 0 Å². The maximum Gasteiger partial charge on any atom is 0.251 e. The summed E-state index contributed by atoms with van der Waals surface area (Å²) in [7, 11) is -2.17. The van der Waals surface area contributed by atoms with Crippen molar-refractivity contribution in [1.29, 1.82) is 0 Å². The summed E-state index contributed by atoms with van der Waals surface area (Å²) in [4.78, 5) is 12.7. The van der Waals surface area contributed by atoms with Crippen molar-refractivity contribution in [2.45, 2.75) is 25.7 Å². The highest BCUT2D eigenvalue weighted by molar-refractivity contribution is 7.89. The first-order chi connectivity index (χ1) is 13.3. The average Bonchev–Trinajstić information content (AvgIpc) is 2.69. The molecule has 6 nitrogen and oxygen atoms in total. The van der Waals surface area contributed by atoms with Gasteiger partial charge in [-0.15, -0.1) is 0 Å². The summed E-state index contributed by atoms with van der Waals surface area (Å²) in [6, 6.07) is 13.9. The van der Waals surface area contributed by atoms with Gasteiger partial charge in [0.25, 0.3) is 5.91 Å². The largest absolute Gasteiger partial charge is 0.495 e. The summed E-state index contributed by atoms with van der Waals surface area (Å²) < 4.78 is 32.2. The van der Waals surface area contributed by atoms with Crippen LogP contribution in [0, 0.1) is 0 Å². The molecular formula is C21H26N2O4S. The molecule has 0 atom stereocenters. The maximum atomic E-state index is 12.8. The number of hydrogen-bond acceptors (Lipinski definition) is 4. The Hall–Kier alpha value is -2.64. The number of rotatable bonds is 8. The van der Waals surface area contributed by atoms with Crippen molar-refractivity contribution < 1.29 is 17.9 Å². The molecule has 0 radical (unpaired) electrons. The molecule has 0 bridgehead atoms. The van der Waals surface area contributed by atoms with Crippen molar-refractivity contribution in [3.8, 4) is 5.75 Å². The van der Waals surface area contributed by atoms with Gasteiger partial charge in [-0.2, -0.15) is 4.31 Å². The van der Waals surface area contributed by atoms with Gasteiger partial charge in [0.2, 0.25) is 10.0 Å². The molecule has 2 rings (SSSR count). The molecule has 0 aliphatic rings. The molecule has 7 heteroatoms. The Kier molecular flexibility index (Phi) is 7.37. The van der Waals surface area contributed by atoms with Crippen molar-refractivity contribution in [2.24, 2.45) is 0 Å². The topological polar surface area (TPSA) is 75.7 Å². The summed E-state index contributed by atoms with van der Waals surface area (Å²) in [5.41, 5.74) is 1.70. The van der Waals surface area contributed by atoms with Gasteiger partial charge in [0, 0.05) is 18.7 Å². The van der Waals surface area contributed by atoms with Gasteiger partial charge in [0.05, 0.1) is 17.7 Å². The van der Waals surface area contributed by atoms with Gasteiger partial charge in [-0.1, -0.05) is 44.2 Å². The SMILES string of the molecule is CCN(CC)S(=O)(=O)c1ccc(OC)c(NC(=O)/C(C)=C/c2ccccc2)c1. The van der Waals surface area contributed by atoms with Crippen LogP contribution >= 0.6 is 0 Å². The second kappa shape index (κ2) is 9.52. The molecule has 28 heavy (non-hydrogen) atoms. The van der Waals surface area contributed by atoms with Crippen LogP contribution in [-0.4, -0.2) is 38.8 Å². The van der Waals surface area contributed by atoms with E-state index in [-0.39, 0.29) is 10.8 Å².